The fourth-order valence-electron chi connectivity index (χ4n) is 3.52. The third-order valence-corrected chi connectivity index (χ3v) is 4.67. The first-order valence-electron chi connectivity index (χ1n) is 8.27. The monoisotopic (exact) mass is 295 g/mol. The molecule has 0 bridgehead atoms. The molecule has 120 valence electrons. The average molecular weight is 295 g/mol. The molecule has 1 aliphatic carbocycles. The molecule has 1 atom stereocenters. The molecule has 1 saturated heterocycles. The predicted octanol–water partition coefficient (Wildman–Crippen LogP) is 3.29. The smallest absolute Gasteiger partial charge is 0.329 e. The molecular weight excluding hydrogens is 266 g/mol. The van der Waals surface area contributed by atoms with Gasteiger partial charge in [0.15, 0.2) is 0 Å². The van der Waals surface area contributed by atoms with Crippen molar-refractivity contribution in [3.63, 3.8) is 0 Å². The molecule has 0 aromatic heterocycles. The Labute approximate surface area is 128 Å². The summed E-state index contributed by atoms with van der Waals surface area (Å²) >= 11 is 0. The van der Waals surface area contributed by atoms with E-state index in [1.165, 1.54) is 6.42 Å². The SMILES string of the molecule is CC(C)(C)OC(=O)[C@@H]1CCCN1C(=O)C1(C)CCCCC1. The Kier molecular flexibility index (Phi) is 4.64. The second-order valence-corrected chi connectivity index (χ2v) is 7.81. The van der Waals surface area contributed by atoms with E-state index in [1.807, 2.05) is 20.8 Å². The minimum Gasteiger partial charge on any atom is -0.458 e. The van der Waals surface area contributed by atoms with E-state index >= 15 is 0 Å². The van der Waals surface area contributed by atoms with Gasteiger partial charge in [0.05, 0.1) is 0 Å². The topological polar surface area (TPSA) is 46.6 Å². The zero-order valence-corrected chi connectivity index (χ0v) is 13.9. The van der Waals surface area contributed by atoms with E-state index in [4.69, 9.17) is 4.74 Å². The van der Waals surface area contributed by atoms with Crippen LogP contribution in [0.1, 0.15) is 72.6 Å². The fourth-order valence-corrected chi connectivity index (χ4v) is 3.52. The number of nitrogens with zero attached hydrogens (tertiary/aromatic N) is 1. The lowest BCUT2D eigenvalue weighted by molar-refractivity contribution is -0.165. The Morgan fingerprint density at radius 1 is 1.10 bits per heavy atom. The van der Waals surface area contributed by atoms with Crippen molar-refractivity contribution in [1.29, 1.82) is 0 Å². The summed E-state index contributed by atoms with van der Waals surface area (Å²) in [6.07, 6.45) is 6.98. The number of hydrogen-bond donors (Lipinski definition) is 0. The highest BCUT2D eigenvalue weighted by Gasteiger charge is 2.44. The average Bonchev–Trinajstić information content (AvgIpc) is 2.85. The number of hydrogen-bond acceptors (Lipinski definition) is 3. The highest BCUT2D eigenvalue weighted by molar-refractivity contribution is 5.88. The van der Waals surface area contributed by atoms with Crippen molar-refractivity contribution < 1.29 is 14.3 Å². The molecule has 0 radical (unpaired) electrons. The van der Waals surface area contributed by atoms with Crippen LogP contribution in [0.2, 0.25) is 0 Å². The molecular formula is C17H29NO3. The van der Waals surface area contributed by atoms with E-state index in [0.717, 1.165) is 38.5 Å². The fraction of sp³-hybridized carbons (Fsp3) is 0.882. The molecule has 1 aliphatic heterocycles. The van der Waals surface area contributed by atoms with E-state index in [-0.39, 0.29) is 23.3 Å². The van der Waals surface area contributed by atoms with Crippen LogP contribution < -0.4 is 0 Å². The lowest BCUT2D eigenvalue weighted by Gasteiger charge is -2.37. The van der Waals surface area contributed by atoms with Crippen molar-refractivity contribution in [2.24, 2.45) is 5.41 Å². The highest BCUT2D eigenvalue weighted by Crippen LogP contribution is 2.39. The van der Waals surface area contributed by atoms with Gasteiger partial charge in [-0.05, 0) is 46.5 Å². The lowest BCUT2D eigenvalue weighted by Crippen LogP contribution is -2.49. The molecule has 1 saturated carbocycles. The van der Waals surface area contributed by atoms with Gasteiger partial charge in [0.2, 0.25) is 5.91 Å². The Balaban J connectivity index is 2.07. The number of amides is 1. The minimum atomic E-state index is -0.497. The largest absolute Gasteiger partial charge is 0.458 e. The van der Waals surface area contributed by atoms with Crippen molar-refractivity contribution in [3.05, 3.63) is 0 Å². The van der Waals surface area contributed by atoms with Crippen molar-refractivity contribution in [2.45, 2.75) is 84.3 Å². The quantitative estimate of drug-likeness (QED) is 0.734. The van der Waals surface area contributed by atoms with Crippen molar-refractivity contribution >= 4 is 11.9 Å². The standard InChI is InChI=1S/C17H29NO3/c1-16(2,3)21-14(19)13-9-8-12-18(13)15(20)17(4)10-6-5-7-11-17/h13H,5-12H2,1-4H3/t13-/m0/s1. The summed E-state index contributed by atoms with van der Waals surface area (Å²) in [5.41, 5.74) is -0.772. The van der Waals surface area contributed by atoms with E-state index < -0.39 is 5.60 Å². The van der Waals surface area contributed by atoms with Gasteiger partial charge in [-0.1, -0.05) is 26.2 Å². The number of ether oxygens (including phenoxy) is 1. The predicted molar refractivity (Wildman–Crippen MR) is 81.8 cm³/mol. The van der Waals surface area contributed by atoms with Gasteiger partial charge in [-0.3, -0.25) is 4.79 Å². The third-order valence-electron chi connectivity index (χ3n) is 4.67. The van der Waals surface area contributed by atoms with Gasteiger partial charge in [0.1, 0.15) is 11.6 Å². The van der Waals surface area contributed by atoms with Crippen LogP contribution in [-0.2, 0) is 14.3 Å². The van der Waals surface area contributed by atoms with Crippen LogP contribution in [0, 0.1) is 5.41 Å². The van der Waals surface area contributed by atoms with Crippen LogP contribution in [0.25, 0.3) is 0 Å². The maximum absolute atomic E-state index is 12.9. The summed E-state index contributed by atoms with van der Waals surface area (Å²) in [6.45, 7) is 8.37. The summed E-state index contributed by atoms with van der Waals surface area (Å²) in [7, 11) is 0. The molecule has 0 aromatic carbocycles. The molecule has 21 heavy (non-hydrogen) atoms. The van der Waals surface area contributed by atoms with Gasteiger partial charge < -0.3 is 9.64 Å². The maximum atomic E-state index is 12.9. The van der Waals surface area contributed by atoms with Crippen LogP contribution in [0.15, 0.2) is 0 Å². The first kappa shape index (κ1) is 16.3. The van der Waals surface area contributed by atoms with Gasteiger partial charge in [-0.15, -0.1) is 0 Å². The Morgan fingerprint density at radius 3 is 2.29 bits per heavy atom. The Hall–Kier alpha value is -1.06. The number of carbonyl (C=O) groups excluding carboxylic acids is 2. The molecule has 0 N–H and O–H groups in total. The molecule has 0 unspecified atom stereocenters. The molecule has 2 aliphatic rings. The second kappa shape index (κ2) is 5.98. The van der Waals surface area contributed by atoms with E-state index in [0.29, 0.717) is 6.54 Å². The van der Waals surface area contributed by atoms with Crippen molar-refractivity contribution in [3.8, 4) is 0 Å². The molecule has 1 amide bonds. The van der Waals surface area contributed by atoms with E-state index in [9.17, 15) is 9.59 Å². The maximum Gasteiger partial charge on any atom is 0.329 e. The summed E-state index contributed by atoms with van der Waals surface area (Å²) in [5.74, 6) is -0.0803. The summed E-state index contributed by atoms with van der Waals surface area (Å²) in [4.78, 5) is 27.1. The zero-order valence-electron chi connectivity index (χ0n) is 13.9. The Bertz CT molecular complexity index is 405. The Morgan fingerprint density at radius 2 is 1.71 bits per heavy atom. The minimum absolute atomic E-state index is 0.163. The first-order chi connectivity index (χ1) is 9.73. The van der Waals surface area contributed by atoms with E-state index in [1.54, 1.807) is 4.90 Å². The van der Waals surface area contributed by atoms with Crippen LogP contribution in [0.4, 0.5) is 0 Å². The zero-order chi connectivity index (χ0) is 15.7. The summed E-state index contributed by atoms with van der Waals surface area (Å²) in [5, 5.41) is 0. The second-order valence-electron chi connectivity index (χ2n) is 7.81. The van der Waals surface area contributed by atoms with Gasteiger partial charge in [-0.2, -0.15) is 0 Å². The number of rotatable bonds is 2. The third kappa shape index (κ3) is 3.78. The van der Waals surface area contributed by atoms with E-state index in [2.05, 4.69) is 6.92 Å². The first-order valence-corrected chi connectivity index (χ1v) is 8.27. The molecule has 0 spiro atoms. The molecule has 2 fully saturated rings. The van der Waals surface area contributed by atoms with Crippen LogP contribution >= 0.6 is 0 Å². The van der Waals surface area contributed by atoms with Gasteiger partial charge in [0, 0.05) is 12.0 Å². The normalized spacial score (nSPS) is 25.7. The van der Waals surface area contributed by atoms with Crippen LogP contribution in [0.3, 0.4) is 0 Å². The van der Waals surface area contributed by atoms with Gasteiger partial charge in [-0.25, -0.2) is 4.79 Å². The van der Waals surface area contributed by atoms with Crippen molar-refractivity contribution in [2.75, 3.05) is 6.54 Å². The highest BCUT2D eigenvalue weighted by atomic mass is 16.6. The lowest BCUT2D eigenvalue weighted by atomic mass is 9.74. The van der Waals surface area contributed by atoms with Gasteiger partial charge >= 0.3 is 5.97 Å². The van der Waals surface area contributed by atoms with Crippen molar-refractivity contribution in [1.82, 2.24) is 4.90 Å². The molecule has 4 heteroatoms. The van der Waals surface area contributed by atoms with Crippen LogP contribution in [-0.4, -0.2) is 35.0 Å². The molecule has 0 aromatic rings. The molecule has 2 rings (SSSR count). The number of esters is 1. The summed E-state index contributed by atoms with van der Waals surface area (Å²) in [6, 6.07) is -0.379. The molecule has 4 nitrogen and oxygen atoms in total. The van der Waals surface area contributed by atoms with Crippen LogP contribution in [0.5, 0.6) is 0 Å². The number of likely N-dealkylation sites (tertiary alicyclic amines) is 1. The summed E-state index contributed by atoms with van der Waals surface area (Å²) < 4.78 is 5.49. The molecule has 1 heterocycles. The van der Waals surface area contributed by atoms with Gasteiger partial charge in [0.25, 0.3) is 0 Å². The number of carbonyl (C=O) groups is 2.